The number of nitrogens with two attached hydrogens (primary N) is 1. The SMILES string of the molecule is CCCCC(Cc1ccc(CC)cc1)NN. The van der Waals surface area contributed by atoms with Crippen LogP contribution in [0, 0.1) is 0 Å². The predicted molar refractivity (Wildman–Crippen MR) is 70.2 cm³/mol. The number of hydrazine groups is 1. The van der Waals surface area contributed by atoms with E-state index in [0.29, 0.717) is 6.04 Å². The van der Waals surface area contributed by atoms with Crippen molar-refractivity contribution in [3.63, 3.8) is 0 Å². The molecule has 0 aliphatic heterocycles. The van der Waals surface area contributed by atoms with E-state index in [9.17, 15) is 0 Å². The highest BCUT2D eigenvalue weighted by Crippen LogP contribution is 2.10. The van der Waals surface area contributed by atoms with Crippen molar-refractivity contribution in [3.05, 3.63) is 35.4 Å². The van der Waals surface area contributed by atoms with Gasteiger partial charge in [0, 0.05) is 6.04 Å². The summed E-state index contributed by atoms with van der Waals surface area (Å²) in [5, 5.41) is 0. The molecule has 1 aromatic rings. The van der Waals surface area contributed by atoms with Crippen LogP contribution in [0.1, 0.15) is 44.2 Å². The number of unbranched alkanes of at least 4 members (excludes halogenated alkanes) is 1. The molecule has 0 aliphatic rings. The zero-order valence-electron chi connectivity index (χ0n) is 10.5. The lowest BCUT2D eigenvalue weighted by atomic mass is 10.0. The van der Waals surface area contributed by atoms with Crippen LogP contribution in [0.15, 0.2) is 24.3 Å². The number of rotatable bonds is 7. The summed E-state index contributed by atoms with van der Waals surface area (Å²) in [6.45, 7) is 4.39. The van der Waals surface area contributed by atoms with Crippen molar-refractivity contribution < 1.29 is 0 Å². The molecule has 0 saturated carbocycles. The highest BCUT2D eigenvalue weighted by atomic mass is 15.2. The van der Waals surface area contributed by atoms with Gasteiger partial charge in [0.25, 0.3) is 0 Å². The highest BCUT2D eigenvalue weighted by molar-refractivity contribution is 5.23. The number of nitrogens with one attached hydrogen (secondary N) is 1. The lowest BCUT2D eigenvalue weighted by molar-refractivity contribution is 0.473. The van der Waals surface area contributed by atoms with Crippen LogP contribution in [0.2, 0.25) is 0 Å². The molecule has 1 rings (SSSR count). The van der Waals surface area contributed by atoms with Crippen LogP contribution in [0.3, 0.4) is 0 Å². The van der Waals surface area contributed by atoms with Gasteiger partial charge in [-0.1, -0.05) is 51.0 Å². The van der Waals surface area contributed by atoms with E-state index in [1.165, 1.54) is 24.0 Å². The molecule has 0 radical (unpaired) electrons. The minimum Gasteiger partial charge on any atom is -0.271 e. The van der Waals surface area contributed by atoms with Crippen molar-refractivity contribution in [2.24, 2.45) is 5.84 Å². The molecule has 2 nitrogen and oxygen atoms in total. The second kappa shape index (κ2) is 7.42. The largest absolute Gasteiger partial charge is 0.271 e. The molecule has 0 bridgehead atoms. The Morgan fingerprint density at radius 3 is 2.25 bits per heavy atom. The summed E-state index contributed by atoms with van der Waals surface area (Å²) in [6.07, 6.45) is 5.76. The van der Waals surface area contributed by atoms with E-state index in [1.807, 2.05) is 0 Å². The van der Waals surface area contributed by atoms with E-state index < -0.39 is 0 Å². The second-order valence-corrected chi connectivity index (χ2v) is 4.38. The highest BCUT2D eigenvalue weighted by Gasteiger charge is 2.06. The van der Waals surface area contributed by atoms with Gasteiger partial charge in [0.05, 0.1) is 0 Å². The van der Waals surface area contributed by atoms with E-state index in [1.54, 1.807) is 0 Å². The van der Waals surface area contributed by atoms with Crippen molar-refractivity contribution in [2.75, 3.05) is 0 Å². The van der Waals surface area contributed by atoms with Crippen molar-refractivity contribution in [2.45, 2.75) is 52.0 Å². The van der Waals surface area contributed by atoms with Crippen LogP contribution >= 0.6 is 0 Å². The number of hydrogen-bond donors (Lipinski definition) is 2. The molecule has 0 aliphatic carbocycles. The molecule has 3 N–H and O–H groups in total. The molecule has 2 heteroatoms. The van der Waals surface area contributed by atoms with Crippen LogP contribution < -0.4 is 11.3 Å². The molecule has 1 aromatic carbocycles. The van der Waals surface area contributed by atoms with Crippen LogP contribution in [0.4, 0.5) is 0 Å². The fourth-order valence-electron chi connectivity index (χ4n) is 1.89. The number of benzene rings is 1. The van der Waals surface area contributed by atoms with Gasteiger partial charge in [0.2, 0.25) is 0 Å². The quantitative estimate of drug-likeness (QED) is 0.548. The first kappa shape index (κ1) is 13.2. The Labute approximate surface area is 99.2 Å². The van der Waals surface area contributed by atoms with Crippen molar-refractivity contribution in [3.8, 4) is 0 Å². The Hall–Kier alpha value is -0.860. The van der Waals surface area contributed by atoms with Gasteiger partial charge in [-0.3, -0.25) is 11.3 Å². The lowest BCUT2D eigenvalue weighted by Gasteiger charge is -2.15. The Kier molecular flexibility index (Phi) is 6.12. The van der Waals surface area contributed by atoms with E-state index in [2.05, 4.69) is 43.5 Å². The maximum Gasteiger partial charge on any atom is 0.0250 e. The molecule has 0 fully saturated rings. The standard InChI is InChI=1S/C14H24N2/c1-3-5-6-14(16-15)11-13-9-7-12(4-2)8-10-13/h7-10,14,16H,3-6,11,15H2,1-2H3. The summed E-state index contributed by atoms with van der Waals surface area (Å²) in [5.74, 6) is 5.57. The Balaban J connectivity index is 2.49. The molecule has 90 valence electrons. The lowest BCUT2D eigenvalue weighted by Crippen LogP contribution is -2.36. The Bertz CT molecular complexity index is 279. The number of aryl methyl sites for hydroxylation is 1. The minimum atomic E-state index is 0.410. The zero-order chi connectivity index (χ0) is 11.8. The van der Waals surface area contributed by atoms with E-state index >= 15 is 0 Å². The Morgan fingerprint density at radius 1 is 1.12 bits per heavy atom. The normalized spacial score (nSPS) is 12.7. The van der Waals surface area contributed by atoms with Crippen molar-refractivity contribution in [1.82, 2.24) is 5.43 Å². The van der Waals surface area contributed by atoms with Gasteiger partial charge in [0.15, 0.2) is 0 Å². The summed E-state index contributed by atoms with van der Waals surface area (Å²) in [5.41, 5.74) is 5.68. The molecule has 16 heavy (non-hydrogen) atoms. The van der Waals surface area contributed by atoms with Gasteiger partial charge < -0.3 is 0 Å². The average molecular weight is 220 g/mol. The van der Waals surface area contributed by atoms with Crippen molar-refractivity contribution >= 4 is 0 Å². The smallest absolute Gasteiger partial charge is 0.0250 e. The molecule has 0 amide bonds. The molecule has 1 unspecified atom stereocenters. The van der Waals surface area contributed by atoms with Crippen LogP contribution in [0.5, 0.6) is 0 Å². The number of hydrogen-bond acceptors (Lipinski definition) is 2. The molecular formula is C14H24N2. The molecular weight excluding hydrogens is 196 g/mol. The monoisotopic (exact) mass is 220 g/mol. The first-order chi connectivity index (χ1) is 7.80. The predicted octanol–water partition coefficient (Wildman–Crippen LogP) is 2.81. The summed E-state index contributed by atoms with van der Waals surface area (Å²) >= 11 is 0. The van der Waals surface area contributed by atoms with E-state index in [4.69, 9.17) is 5.84 Å². The van der Waals surface area contributed by atoms with Crippen LogP contribution in [0.25, 0.3) is 0 Å². The van der Waals surface area contributed by atoms with Gasteiger partial charge in [-0.2, -0.15) is 0 Å². The van der Waals surface area contributed by atoms with E-state index in [0.717, 1.165) is 19.3 Å². The van der Waals surface area contributed by atoms with Gasteiger partial charge >= 0.3 is 0 Å². The second-order valence-electron chi connectivity index (χ2n) is 4.38. The topological polar surface area (TPSA) is 38.0 Å². The first-order valence-corrected chi connectivity index (χ1v) is 6.34. The fourth-order valence-corrected chi connectivity index (χ4v) is 1.89. The summed E-state index contributed by atoms with van der Waals surface area (Å²) in [4.78, 5) is 0. The molecule has 0 saturated heterocycles. The third kappa shape index (κ3) is 4.33. The molecule has 0 heterocycles. The third-order valence-corrected chi connectivity index (χ3v) is 3.06. The average Bonchev–Trinajstić information content (AvgIpc) is 2.35. The summed E-state index contributed by atoms with van der Waals surface area (Å²) in [7, 11) is 0. The molecule has 0 aromatic heterocycles. The molecule has 0 spiro atoms. The third-order valence-electron chi connectivity index (χ3n) is 3.06. The van der Waals surface area contributed by atoms with Gasteiger partial charge in [-0.15, -0.1) is 0 Å². The fraction of sp³-hybridized carbons (Fsp3) is 0.571. The molecule has 1 atom stereocenters. The summed E-state index contributed by atoms with van der Waals surface area (Å²) < 4.78 is 0. The summed E-state index contributed by atoms with van der Waals surface area (Å²) in [6, 6.07) is 9.27. The maximum atomic E-state index is 5.57. The maximum absolute atomic E-state index is 5.57. The van der Waals surface area contributed by atoms with Crippen LogP contribution in [-0.2, 0) is 12.8 Å². The minimum absolute atomic E-state index is 0.410. The Morgan fingerprint density at radius 2 is 1.75 bits per heavy atom. The van der Waals surface area contributed by atoms with Crippen molar-refractivity contribution in [1.29, 1.82) is 0 Å². The van der Waals surface area contributed by atoms with Gasteiger partial charge in [-0.05, 0) is 30.4 Å². The van der Waals surface area contributed by atoms with Crippen LogP contribution in [-0.4, -0.2) is 6.04 Å². The van der Waals surface area contributed by atoms with Gasteiger partial charge in [-0.25, -0.2) is 0 Å². The zero-order valence-corrected chi connectivity index (χ0v) is 10.5. The first-order valence-electron chi connectivity index (χ1n) is 6.34. The van der Waals surface area contributed by atoms with E-state index in [-0.39, 0.29) is 0 Å². The van der Waals surface area contributed by atoms with Gasteiger partial charge in [0.1, 0.15) is 0 Å².